The molecule has 0 aliphatic carbocycles. The number of anilines is 1. The lowest BCUT2D eigenvalue weighted by atomic mass is 9.88. The van der Waals surface area contributed by atoms with Crippen LogP contribution in [0, 0.1) is 23.2 Å². The van der Waals surface area contributed by atoms with Crippen molar-refractivity contribution >= 4 is 16.7 Å². The van der Waals surface area contributed by atoms with E-state index in [0.717, 1.165) is 35.7 Å². The van der Waals surface area contributed by atoms with Crippen molar-refractivity contribution in [3.05, 3.63) is 35.9 Å². The van der Waals surface area contributed by atoms with Crippen LogP contribution in [0.5, 0.6) is 0 Å². The van der Waals surface area contributed by atoms with Crippen LogP contribution in [0.15, 0.2) is 30.3 Å². The van der Waals surface area contributed by atoms with Crippen LogP contribution in [-0.2, 0) is 0 Å². The number of pyridine rings is 1. The van der Waals surface area contributed by atoms with Gasteiger partial charge in [0.05, 0.1) is 11.1 Å². The van der Waals surface area contributed by atoms with Crippen LogP contribution in [0.3, 0.4) is 0 Å². The van der Waals surface area contributed by atoms with E-state index in [0.29, 0.717) is 11.5 Å². The molecule has 0 N–H and O–H groups in total. The summed E-state index contributed by atoms with van der Waals surface area (Å²) in [4.78, 5) is 7.01. The van der Waals surface area contributed by atoms with E-state index in [-0.39, 0.29) is 0 Å². The molecule has 20 heavy (non-hydrogen) atoms. The van der Waals surface area contributed by atoms with Crippen molar-refractivity contribution in [2.75, 3.05) is 18.0 Å². The van der Waals surface area contributed by atoms with Crippen LogP contribution in [0.25, 0.3) is 10.9 Å². The second kappa shape index (κ2) is 5.13. The molecule has 1 aliphatic rings. The van der Waals surface area contributed by atoms with Gasteiger partial charge in [0.25, 0.3) is 0 Å². The Balaban J connectivity index is 2.04. The van der Waals surface area contributed by atoms with Gasteiger partial charge in [-0.2, -0.15) is 5.26 Å². The third-order valence-electron chi connectivity index (χ3n) is 4.46. The molecule has 2 unspecified atom stereocenters. The number of nitriles is 1. The highest BCUT2D eigenvalue weighted by atomic mass is 15.2. The van der Waals surface area contributed by atoms with Gasteiger partial charge in [-0.25, -0.2) is 4.98 Å². The number of hydrogen-bond acceptors (Lipinski definition) is 3. The summed E-state index contributed by atoms with van der Waals surface area (Å²) < 4.78 is 0. The van der Waals surface area contributed by atoms with Crippen molar-refractivity contribution in [2.24, 2.45) is 11.8 Å². The lowest BCUT2D eigenvalue weighted by Gasteiger charge is -2.36. The molecule has 1 aliphatic heterocycles. The Labute approximate surface area is 119 Å². The maximum atomic E-state index is 9.41. The Morgan fingerprint density at radius 3 is 2.80 bits per heavy atom. The third-order valence-corrected chi connectivity index (χ3v) is 4.46. The molecule has 2 heterocycles. The number of nitrogens with zero attached hydrogens (tertiary/aromatic N) is 3. The van der Waals surface area contributed by atoms with Gasteiger partial charge in [-0.15, -0.1) is 0 Å². The highest BCUT2D eigenvalue weighted by Gasteiger charge is 2.25. The number of piperidine rings is 1. The van der Waals surface area contributed by atoms with Gasteiger partial charge in [0.15, 0.2) is 0 Å². The molecular formula is C17H19N3. The van der Waals surface area contributed by atoms with Crippen molar-refractivity contribution in [1.29, 1.82) is 5.26 Å². The molecule has 0 bridgehead atoms. The number of aromatic nitrogens is 1. The Morgan fingerprint density at radius 1 is 1.25 bits per heavy atom. The van der Waals surface area contributed by atoms with E-state index in [1.165, 1.54) is 6.42 Å². The summed E-state index contributed by atoms with van der Waals surface area (Å²) >= 11 is 0. The molecule has 1 aromatic heterocycles. The van der Waals surface area contributed by atoms with Gasteiger partial charge in [0.1, 0.15) is 11.9 Å². The van der Waals surface area contributed by atoms with Crippen LogP contribution in [0.4, 0.5) is 5.82 Å². The molecule has 1 saturated heterocycles. The molecule has 0 spiro atoms. The summed E-state index contributed by atoms with van der Waals surface area (Å²) in [5.74, 6) is 2.24. The molecule has 1 fully saturated rings. The Bertz CT molecular complexity index is 671. The smallest absolute Gasteiger partial charge is 0.147 e. The van der Waals surface area contributed by atoms with Crippen molar-refractivity contribution < 1.29 is 0 Å². The first-order valence-corrected chi connectivity index (χ1v) is 7.24. The van der Waals surface area contributed by atoms with E-state index < -0.39 is 0 Å². The highest BCUT2D eigenvalue weighted by Crippen LogP contribution is 2.29. The summed E-state index contributed by atoms with van der Waals surface area (Å²) in [6, 6.07) is 12.3. The van der Waals surface area contributed by atoms with Gasteiger partial charge in [0.2, 0.25) is 0 Å². The minimum atomic E-state index is 0.642. The Hall–Kier alpha value is -2.08. The monoisotopic (exact) mass is 265 g/mol. The fourth-order valence-electron chi connectivity index (χ4n) is 2.88. The zero-order valence-corrected chi connectivity index (χ0v) is 12.0. The first-order chi connectivity index (χ1) is 9.69. The van der Waals surface area contributed by atoms with Crippen molar-refractivity contribution in [1.82, 2.24) is 4.98 Å². The molecule has 0 saturated carbocycles. The van der Waals surface area contributed by atoms with Gasteiger partial charge in [0, 0.05) is 18.5 Å². The average molecular weight is 265 g/mol. The van der Waals surface area contributed by atoms with Crippen molar-refractivity contribution in [3.8, 4) is 6.07 Å². The fraction of sp³-hybridized carbons (Fsp3) is 0.412. The first-order valence-electron chi connectivity index (χ1n) is 7.24. The molecule has 2 aromatic rings. The standard InChI is InChI=1S/C17H19N3/c1-12-7-8-20(11-13(12)2)17-15(10-18)9-14-5-3-4-6-16(14)19-17/h3-6,9,12-13H,7-8,11H2,1-2H3. The van der Waals surface area contributed by atoms with Gasteiger partial charge >= 0.3 is 0 Å². The molecule has 3 heteroatoms. The lowest BCUT2D eigenvalue weighted by molar-refractivity contribution is 0.323. The molecule has 0 amide bonds. The van der Waals surface area contributed by atoms with Gasteiger partial charge < -0.3 is 4.90 Å². The largest absolute Gasteiger partial charge is 0.355 e. The number of fused-ring (bicyclic) bond motifs is 1. The molecule has 0 radical (unpaired) electrons. The summed E-state index contributed by atoms with van der Waals surface area (Å²) in [5, 5.41) is 10.4. The van der Waals surface area contributed by atoms with E-state index in [1.54, 1.807) is 0 Å². The van der Waals surface area contributed by atoms with Crippen molar-refractivity contribution in [2.45, 2.75) is 20.3 Å². The second-order valence-corrected chi connectivity index (χ2v) is 5.85. The Kier molecular flexibility index (Phi) is 3.31. The maximum Gasteiger partial charge on any atom is 0.147 e. The average Bonchev–Trinajstić information content (AvgIpc) is 2.48. The predicted molar refractivity (Wildman–Crippen MR) is 81.6 cm³/mol. The molecule has 2 atom stereocenters. The van der Waals surface area contributed by atoms with Gasteiger partial charge in [-0.1, -0.05) is 32.0 Å². The SMILES string of the molecule is CC1CCN(c2nc3ccccc3cc2C#N)CC1C. The Morgan fingerprint density at radius 2 is 2.05 bits per heavy atom. The predicted octanol–water partition coefficient (Wildman–Crippen LogP) is 3.59. The molecular weight excluding hydrogens is 246 g/mol. The zero-order chi connectivity index (χ0) is 14.1. The topological polar surface area (TPSA) is 39.9 Å². The fourth-order valence-corrected chi connectivity index (χ4v) is 2.88. The van der Waals surface area contributed by atoms with E-state index >= 15 is 0 Å². The quantitative estimate of drug-likeness (QED) is 0.791. The normalized spacial score (nSPS) is 22.8. The van der Waals surface area contributed by atoms with Crippen LogP contribution >= 0.6 is 0 Å². The molecule has 1 aromatic carbocycles. The highest BCUT2D eigenvalue weighted by molar-refractivity contribution is 5.83. The van der Waals surface area contributed by atoms with Crippen LogP contribution in [-0.4, -0.2) is 18.1 Å². The van der Waals surface area contributed by atoms with Gasteiger partial charge in [-0.3, -0.25) is 0 Å². The summed E-state index contributed by atoms with van der Waals surface area (Å²) in [6.45, 7) is 6.57. The van der Waals surface area contributed by atoms with Gasteiger partial charge in [-0.05, 0) is 30.4 Å². The number of benzene rings is 1. The maximum absolute atomic E-state index is 9.41. The molecule has 3 rings (SSSR count). The first kappa shape index (κ1) is 12.9. The van der Waals surface area contributed by atoms with Crippen molar-refractivity contribution in [3.63, 3.8) is 0 Å². The third kappa shape index (κ3) is 2.22. The van der Waals surface area contributed by atoms with E-state index in [1.807, 2.05) is 30.3 Å². The minimum Gasteiger partial charge on any atom is -0.355 e. The number of hydrogen-bond donors (Lipinski definition) is 0. The van der Waals surface area contributed by atoms with E-state index in [4.69, 9.17) is 4.98 Å². The van der Waals surface area contributed by atoms with E-state index in [9.17, 15) is 5.26 Å². The second-order valence-electron chi connectivity index (χ2n) is 5.85. The number of para-hydroxylation sites is 1. The number of rotatable bonds is 1. The molecule has 3 nitrogen and oxygen atoms in total. The van der Waals surface area contributed by atoms with Crippen LogP contribution in [0.1, 0.15) is 25.8 Å². The summed E-state index contributed by atoms with van der Waals surface area (Å²) in [7, 11) is 0. The zero-order valence-electron chi connectivity index (χ0n) is 12.0. The van der Waals surface area contributed by atoms with Crippen LogP contribution in [0.2, 0.25) is 0 Å². The summed E-state index contributed by atoms with van der Waals surface area (Å²) in [6.07, 6.45) is 1.17. The van der Waals surface area contributed by atoms with Crippen LogP contribution < -0.4 is 4.90 Å². The van der Waals surface area contributed by atoms with E-state index in [2.05, 4.69) is 24.8 Å². The lowest BCUT2D eigenvalue weighted by Crippen LogP contribution is -2.39. The summed E-state index contributed by atoms with van der Waals surface area (Å²) in [5.41, 5.74) is 1.65. The minimum absolute atomic E-state index is 0.642. The molecule has 102 valence electrons.